The van der Waals surface area contributed by atoms with E-state index < -0.39 is 0 Å². The van der Waals surface area contributed by atoms with Gasteiger partial charge in [0, 0.05) is 15.4 Å². The zero-order chi connectivity index (χ0) is 13.0. The average Bonchev–Trinajstić information content (AvgIpc) is 2.27. The van der Waals surface area contributed by atoms with Crippen molar-refractivity contribution in [3.63, 3.8) is 0 Å². The van der Waals surface area contributed by atoms with Crippen LogP contribution in [0.3, 0.4) is 0 Å². The SMILES string of the molecule is CCCC(C)C(Br)c1cc(Cl)cc(Br)c1OC. The molecule has 1 rings (SSSR count). The van der Waals surface area contributed by atoms with Gasteiger partial charge in [-0.2, -0.15) is 0 Å². The predicted octanol–water partition coefficient (Wildman–Crippen LogP) is 5.98. The van der Waals surface area contributed by atoms with Crippen LogP contribution in [0.2, 0.25) is 5.02 Å². The molecular weight excluding hydrogens is 367 g/mol. The van der Waals surface area contributed by atoms with E-state index in [1.807, 2.05) is 12.1 Å². The van der Waals surface area contributed by atoms with Gasteiger partial charge in [0.2, 0.25) is 0 Å². The van der Waals surface area contributed by atoms with Crippen molar-refractivity contribution >= 4 is 43.5 Å². The predicted molar refractivity (Wildman–Crippen MR) is 81.4 cm³/mol. The van der Waals surface area contributed by atoms with Crippen molar-refractivity contribution in [1.82, 2.24) is 0 Å². The Labute approximate surface area is 125 Å². The molecule has 0 spiro atoms. The smallest absolute Gasteiger partial charge is 0.137 e. The summed E-state index contributed by atoms with van der Waals surface area (Å²) in [5.41, 5.74) is 1.10. The van der Waals surface area contributed by atoms with E-state index in [-0.39, 0.29) is 4.83 Å². The number of rotatable bonds is 5. The lowest BCUT2D eigenvalue weighted by molar-refractivity contribution is 0.400. The van der Waals surface area contributed by atoms with E-state index in [0.717, 1.165) is 20.8 Å². The van der Waals surface area contributed by atoms with Crippen molar-refractivity contribution in [3.05, 3.63) is 27.2 Å². The second-order valence-corrected chi connectivity index (χ2v) is 6.46. The van der Waals surface area contributed by atoms with Crippen LogP contribution in [-0.2, 0) is 0 Å². The van der Waals surface area contributed by atoms with Crippen LogP contribution in [0.4, 0.5) is 0 Å². The Bertz CT molecular complexity index is 382. The van der Waals surface area contributed by atoms with E-state index in [1.165, 1.54) is 12.8 Å². The lowest BCUT2D eigenvalue weighted by atomic mass is 9.96. The fourth-order valence-electron chi connectivity index (χ4n) is 1.91. The highest BCUT2D eigenvalue weighted by atomic mass is 79.9. The molecule has 0 saturated carbocycles. The van der Waals surface area contributed by atoms with Gasteiger partial charge < -0.3 is 4.74 Å². The van der Waals surface area contributed by atoms with Gasteiger partial charge in [0.1, 0.15) is 5.75 Å². The van der Waals surface area contributed by atoms with Crippen molar-refractivity contribution in [1.29, 1.82) is 0 Å². The van der Waals surface area contributed by atoms with Gasteiger partial charge >= 0.3 is 0 Å². The largest absolute Gasteiger partial charge is 0.495 e. The molecule has 0 aromatic heterocycles. The van der Waals surface area contributed by atoms with Crippen LogP contribution in [0, 0.1) is 5.92 Å². The van der Waals surface area contributed by atoms with Gasteiger partial charge in [-0.15, -0.1) is 0 Å². The van der Waals surface area contributed by atoms with Gasteiger partial charge in [-0.1, -0.05) is 47.8 Å². The molecule has 0 heterocycles. The molecule has 17 heavy (non-hydrogen) atoms. The van der Waals surface area contributed by atoms with Gasteiger partial charge in [0.25, 0.3) is 0 Å². The summed E-state index contributed by atoms with van der Waals surface area (Å²) in [5.74, 6) is 1.40. The highest BCUT2D eigenvalue weighted by Crippen LogP contribution is 2.43. The quantitative estimate of drug-likeness (QED) is 0.567. The van der Waals surface area contributed by atoms with Crippen molar-refractivity contribution in [3.8, 4) is 5.75 Å². The lowest BCUT2D eigenvalue weighted by Gasteiger charge is -2.21. The number of methoxy groups -OCH3 is 1. The van der Waals surface area contributed by atoms with Gasteiger partial charge in [0.05, 0.1) is 11.6 Å². The van der Waals surface area contributed by atoms with Crippen LogP contribution >= 0.6 is 43.5 Å². The number of hydrogen-bond acceptors (Lipinski definition) is 1. The van der Waals surface area contributed by atoms with Crippen LogP contribution in [0.15, 0.2) is 16.6 Å². The van der Waals surface area contributed by atoms with Crippen molar-refractivity contribution < 1.29 is 4.74 Å². The third-order valence-electron chi connectivity index (χ3n) is 2.78. The topological polar surface area (TPSA) is 9.23 Å². The molecule has 96 valence electrons. The third kappa shape index (κ3) is 3.87. The van der Waals surface area contributed by atoms with Crippen LogP contribution < -0.4 is 4.74 Å². The molecule has 0 saturated heterocycles. The number of ether oxygens (including phenoxy) is 1. The Morgan fingerprint density at radius 2 is 2.06 bits per heavy atom. The van der Waals surface area contributed by atoms with Crippen molar-refractivity contribution in [2.24, 2.45) is 5.92 Å². The molecule has 1 aromatic carbocycles. The van der Waals surface area contributed by atoms with Crippen LogP contribution in [0.1, 0.15) is 37.1 Å². The molecule has 0 radical (unpaired) electrons. The monoisotopic (exact) mass is 382 g/mol. The van der Waals surface area contributed by atoms with E-state index in [0.29, 0.717) is 5.92 Å². The molecule has 1 nitrogen and oxygen atoms in total. The molecule has 2 atom stereocenters. The summed E-state index contributed by atoms with van der Waals surface area (Å²) in [4.78, 5) is 0.257. The molecular formula is C13H17Br2ClO. The summed E-state index contributed by atoms with van der Waals surface area (Å²) in [6.45, 7) is 4.43. The van der Waals surface area contributed by atoms with Gasteiger partial charge in [0.15, 0.2) is 0 Å². The van der Waals surface area contributed by atoms with E-state index in [9.17, 15) is 0 Å². The molecule has 0 N–H and O–H groups in total. The zero-order valence-electron chi connectivity index (χ0n) is 10.3. The first-order valence-corrected chi connectivity index (χ1v) is 7.76. The van der Waals surface area contributed by atoms with Crippen LogP contribution in [0.5, 0.6) is 5.75 Å². The van der Waals surface area contributed by atoms with Gasteiger partial charge in [-0.3, -0.25) is 0 Å². The van der Waals surface area contributed by atoms with Gasteiger partial charge in [-0.25, -0.2) is 0 Å². The Kier molecular flexibility index (Phi) is 6.32. The standard InChI is InChI=1S/C13H17Br2ClO/c1-4-5-8(2)12(15)10-6-9(16)7-11(14)13(10)17-3/h6-8,12H,4-5H2,1-3H3. The zero-order valence-corrected chi connectivity index (χ0v) is 14.2. The molecule has 0 aliphatic carbocycles. The molecule has 0 aliphatic rings. The molecule has 0 aliphatic heterocycles. The highest BCUT2D eigenvalue weighted by Gasteiger charge is 2.21. The third-order valence-corrected chi connectivity index (χ3v) is 4.98. The highest BCUT2D eigenvalue weighted by molar-refractivity contribution is 9.10. The summed E-state index contributed by atoms with van der Waals surface area (Å²) in [7, 11) is 1.68. The van der Waals surface area contributed by atoms with Crippen LogP contribution in [0.25, 0.3) is 0 Å². The number of alkyl halides is 1. The number of halogens is 3. The Balaban J connectivity index is 3.11. The second kappa shape index (κ2) is 7.01. The Morgan fingerprint density at radius 1 is 1.41 bits per heavy atom. The van der Waals surface area contributed by atoms with E-state index in [4.69, 9.17) is 16.3 Å². The summed E-state index contributed by atoms with van der Waals surface area (Å²) < 4.78 is 6.34. The molecule has 0 bridgehead atoms. The molecule has 0 fully saturated rings. The van der Waals surface area contributed by atoms with E-state index in [2.05, 4.69) is 45.7 Å². The number of benzene rings is 1. The Morgan fingerprint density at radius 3 is 2.59 bits per heavy atom. The first-order chi connectivity index (χ1) is 8.01. The molecule has 0 amide bonds. The number of hydrogen-bond donors (Lipinski definition) is 0. The summed E-state index contributed by atoms with van der Waals surface area (Å²) in [6, 6.07) is 3.82. The normalized spacial score (nSPS) is 14.5. The fourth-order valence-corrected chi connectivity index (χ4v) is 3.51. The molecule has 1 aromatic rings. The maximum absolute atomic E-state index is 6.10. The Hall–Kier alpha value is 0.270. The summed E-state index contributed by atoms with van der Waals surface area (Å²) in [6.07, 6.45) is 2.34. The second-order valence-electron chi connectivity index (χ2n) is 4.18. The summed E-state index contributed by atoms with van der Waals surface area (Å²) in [5, 5.41) is 0.723. The fraction of sp³-hybridized carbons (Fsp3) is 0.538. The van der Waals surface area contributed by atoms with Crippen LogP contribution in [-0.4, -0.2) is 7.11 Å². The first kappa shape index (κ1) is 15.3. The molecule has 2 unspecified atom stereocenters. The van der Waals surface area contributed by atoms with E-state index in [1.54, 1.807) is 7.11 Å². The molecule has 4 heteroatoms. The maximum atomic E-state index is 6.10. The lowest BCUT2D eigenvalue weighted by Crippen LogP contribution is -2.05. The van der Waals surface area contributed by atoms with Crippen molar-refractivity contribution in [2.75, 3.05) is 7.11 Å². The van der Waals surface area contributed by atoms with E-state index >= 15 is 0 Å². The minimum atomic E-state index is 0.257. The minimum absolute atomic E-state index is 0.257. The maximum Gasteiger partial charge on any atom is 0.137 e. The van der Waals surface area contributed by atoms with Gasteiger partial charge in [-0.05, 0) is 40.4 Å². The summed E-state index contributed by atoms with van der Waals surface area (Å²) >= 11 is 13.3. The van der Waals surface area contributed by atoms with Crippen molar-refractivity contribution in [2.45, 2.75) is 31.5 Å². The average molecular weight is 385 g/mol. The minimum Gasteiger partial charge on any atom is -0.495 e. The first-order valence-electron chi connectivity index (χ1n) is 5.68.